The molecule has 62 valence electrons. The molecule has 12 heavy (non-hydrogen) atoms. The van der Waals surface area contributed by atoms with E-state index in [1.807, 2.05) is 24.8 Å². The minimum atomic E-state index is 1.05. The molecule has 0 aliphatic carbocycles. The molecule has 0 aromatic carbocycles. The minimum absolute atomic E-state index is 1.05. The molecule has 0 N–H and O–H groups in total. The zero-order chi connectivity index (χ0) is 8.55. The molecule has 2 rings (SSSR count). The smallest absolute Gasteiger partial charge is 0.0785 e. The molecule has 0 saturated heterocycles. The Morgan fingerprint density at radius 3 is 3.08 bits per heavy atom. The van der Waals surface area contributed by atoms with Crippen LogP contribution in [0.4, 0.5) is 0 Å². The summed E-state index contributed by atoms with van der Waals surface area (Å²) in [7, 11) is 0. The van der Waals surface area contributed by atoms with E-state index in [4.69, 9.17) is 0 Å². The van der Waals surface area contributed by atoms with Crippen LogP contribution in [-0.4, -0.2) is 15.2 Å². The van der Waals surface area contributed by atoms with E-state index < -0.39 is 0 Å². The summed E-state index contributed by atoms with van der Waals surface area (Å²) < 4.78 is 3.14. The molecule has 0 unspecified atom stereocenters. The summed E-state index contributed by atoms with van der Waals surface area (Å²) in [5.41, 5.74) is 1.15. The van der Waals surface area contributed by atoms with Gasteiger partial charge in [0, 0.05) is 28.5 Å². The molecule has 4 heteroatoms. The second-order valence-corrected chi connectivity index (χ2v) is 3.99. The lowest BCUT2D eigenvalue weighted by atomic mass is 10.3. The zero-order valence-electron chi connectivity index (χ0n) is 6.49. The molecule has 2 aromatic rings. The summed E-state index contributed by atoms with van der Waals surface area (Å²) in [6, 6.07) is 2.08. The Balaban J connectivity index is 2.80. The van der Waals surface area contributed by atoms with Crippen molar-refractivity contribution in [2.24, 2.45) is 0 Å². The summed E-state index contributed by atoms with van der Waals surface area (Å²) >= 11 is 5.12. The molecule has 0 saturated carbocycles. The van der Waals surface area contributed by atoms with Crippen LogP contribution in [0.1, 0.15) is 0 Å². The Kier molecular flexibility index (Phi) is 2.11. The molecule has 0 amide bonds. The third-order valence-corrected chi connectivity index (χ3v) is 3.07. The van der Waals surface area contributed by atoms with Gasteiger partial charge in [-0.1, -0.05) is 0 Å². The number of hydrogen-bond donors (Lipinski definition) is 0. The maximum Gasteiger partial charge on any atom is 0.0785 e. The van der Waals surface area contributed by atoms with Gasteiger partial charge in [0.1, 0.15) is 0 Å². The predicted octanol–water partition coefficient (Wildman–Crippen LogP) is 2.92. The van der Waals surface area contributed by atoms with E-state index >= 15 is 0 Å². The van der Waals surface area contributed by atoms with Gasteiger partial charge in [-0.25, -0.2) is 0 Å². The number of halogens is 1. The van der Waals surface area contributed by atoms with Gasteiger partial charge in [-0.15, -0.1) is 0 Å². The largest absolute Gasteiger partial charge is 0.290 e. The standard InChI is InChI=1S/C8H7BrN2S/c1-12-11-3-2-6-7(9)4-10-5-8(6)11/h2-5H,1H3. The normalized spacial score (nSPS) is 10.8. The first kappa shape index (κ1) is 8.13. The molecule has 0 spiro atoms. The average Bonchev–Trinajstić information content (AvgIpc) is 2.49. The van der Waals surface area contributed by atoms with E-state index in [1.54, 1.807) is 11.9 Å². The molecular weight excluding hydrogens is 236 g/mol. The van der Waals surface area contributed by atoms with Gasteiger partial charge in [-0.2, -0.15) is 0 Å². The monoisotopic (exact) mass is 242 g/mol. The lowest BCUT2D eigenvalue weighted by Gasteiger charge is -1.98. The summed E-state index contributed by atoms with van der Waals surface area (Å²) in [5.74, 6) is 0. The van der Waals surface area contributed by atoms with Gasteiger partial charge in [-0.05, 0) is 33.9 Å². The molecular formula is C8H7BrN2S. The van der Waals surface area contributed by atoms with Crippen LogP contribution in [0.15, 0.2) is 29.1 Å². The lowest BCUT2D eigenvalue weighted by Crippen LogP contribution is -1.82. The van der Waals surface area contributed by atoms with Crippen molar-refractivity contribution in [3.05, 3.63) is 29.1 Å². The van der Waals surface area contributed by atoms with E-state index in [2.05, 4.69) is 31.0 Å². The maximum atomic E-state index is 4.11. The summed E-state index contributed by atoms with van der Waals surface area (Å²) in [6.07, 6.45) is 7.77. The first-order valence-corrected chi connectivity index (χ1v) is 5.45. The number of aromatic nitrogens is 2. The van der Waals surface area contributed by atoms with Crippen molar-refractivity contribution in [2.75, 3.05) is 6.26 Å². The first-order chi connectivity index (χ1) is 5.83. The predicted molar refractivity (Wildman–Crippen MR) is 56.3 cm³/mol. The van der Waals surface area contributed by atoms with Crippen LogP contribution in [0, 0.1) is 0 Å². The number of hydrogen-bond acceptors (Lipinski definition) is 2. The van der Waals surface area contributed by atoms with Crippen LogP contribution in [0.5, 0.6) is 0 Å². The van der Waals surface area contributed by atoms with E-state index in [0.717, 1.165) is 9.99 Å². The van der Waals surface area contributed by atoms with Crippen LogP contribution in [0.3, 0.4) is 0 Å². The average molecular weight is 243 g/mol. The Hall–Kier alpha value is -0.480. The Labute approximate surface area is 83.2 Å². The fourth-order valence-corrected chi connectivity index (χ4v) is 2.14. The van der Waals surface area contributed by atoms with E-state index in [-0.39, 0.29) is 0 Å². The maximum absolute atomic E-state index is 4.11. The fraction of sp³-hybridized carbons (Fsp3) is 0.125. The highest BCUT2D eigenvalue weighted by atomic mass is 79.9. The number of nitrogens with zero attached hydrogens (tertiary/aromatic N) is 2. The fourth-order valence-electron chi connectivity index (χ4n) is 1.16. The van der Waals surface area contributed by atoms with Crippen molar-refractivity contribution < 1.29 is 0 Å². The van der Waals surface area contributed by atoms with E-state index in [0.29, 0.717) is 0 Å². The molecule has 2 nitrogen and oxygen atoms in total. The molecule has 2 aromatic heterocycles. The highest BCUT2D eigenvalue weighted by molar-refractivity contribution is 9.10. The molecule has 2 heterocycles. The Bertz CT molecular complexity index is 410. The van der Waals surface area contributed by atoms with Crippen LogP contribution < -0.4 is 0 Å². The van der Waals surface area contributed by atoms with E-state index in [9.17, 15) is 0 Å². The first-order valence-electron chi connectivity index (χ1n) is 3.48. The summed E-state index contributed by atoms with van der Waals surface area (Å²) in [4.78, 5) is 4.11. The summed E-state index contributed by atoms with van der Waals surface area (Å²) in [6.45, 7) is 0. The molecule has 0 aliphatic rings. The SMILES string of the molecule is CSn1ccc2c(Br)cncc21. The third-order valence-electron chi connectivity index (χ3n) is 1.73. The quantitative estimate of drug-likeness (QED) is 0.766. The molecule has 0 radical (unpaired) electrons. The van der Waals surface area contributed by atoms with Gasteiger partial charge in [-0.3, -0.25) is 8.96 Å². The lowest BCUT2D eigenvalue weighted by molar-refractivity contribution is 1.29. The minimum Gasteiger partial charge on any atom is -0.290 e. The van der Waals surface area contributed by atoms with Crippen LogP contribution >= 0.6 is 27.9 Å². The molecule has 0 aliphatic heterocycles. The van der Waals surface area contributed by atoms with Crippen LogP contribution in [0.25, 0.3) is 10.9 Å². The molecule has 0 atom stereocenters. The Morgan fingerprint density at radius 1 is 1.50 bits per heavy atom. The van der Waals surface area contributed by atoms with E-state index in [1.165, 1.54) is 5.39 Å². The van der Waals surface area contributed by atoms with Crippen molar-refractivity contribution in [1.29, 1.82) is 0 Å². The molecule has 0 bridgehead atoms. The van der Waals surface area contributed by atoms with Gasteiger partial charge in [0.2, 0.25) is 0 Å². The zero-order valence-corrected chi connectivity index (χ0v) is 8.89. The summed E-state index contributed by atoms with van der Waals surface area (Å²) in [5, 5.41) is 1.21. The number of rotatable bonds is 1. The topological polar surface area (TPSA) is 17.8 Å². The van der Waals surface area contributed by atoms with Crippen molar-refractivity contribution in [1.82, 2.24) is 8.96 Å². The highest BCUT2D eigenvalue weighted by Gasteiger charge is 2.02. The van der Waals surface area contributed by atoms with Gasteiger partial charge in [0.05, 0.1) is 11.7 Å². The molecule has 0 fully saturated rings. The van der Waals surface area contributed by atoms with Crippen molar-refractivity contribution in [3.63, 3.8) is 0 Å². The third kappa shape index (κ3) is 1.15. The van der Waals surface area contributed by atoms with Gasteiger partial charge in [0.15, 0.2) is 0 Å². The Morgan fingerprint density at radius 2 is 2.33 bits per heavy atom. The second kappa shape index (κ2) is 3.11. The van der Waals surface area contributed by atoms with Crippen molar-refractivity contribution >= 4 is 38.8 Å². The second-order valence-electron chi connectivity index (χ2n) is 2.38. The highest BCUT2D eigenvalue weighted by Crippen LogP contribution is 2.25. The van der Waals surface area contributed by atoms with Gasteiger partial charge < -0.3 is 0 Å². The van der Waals surface area contributed by atoms with Crippen molar-refractivity contribution in [3.8, 4) is 0 Å². The van der Waals surface area contributed by atoms with Gasteiger partial charge in [0.25, 0.3) is 0 Å². The number of fused-ring (bicyclic) bond motifs is 1. The number of pyridine rings is 1. The van der Waals surface area contributed by atoms with Crippen molar-refractivity contribution in [2.45, 2.75) is 0 Å². The van der Waals surface area contributed by atoms with Crippen LogP contribution in [0.2, 0.25) is 0 Å². The van der Waals surface area contributed by atoms with Crippen LogP contribution in [-0.2, 0) is 0 Å². The van der Waals surface area contributed by atoms with Gasteiger partial charge >= 0.3 is 0 Å².